The molecule has 0 saturated heterocycles. The van der Waals surface area contributed by atoms with E-state index in [9.17, 15) is 0 Å². The van der Waals surface area contributed by atoms with E-state index in [1.54, 1.807) is 0 Å². The van der Waals surface area contributed by atoms with E-state index in [0.717, 1.165) is 63.1 Å². The van der Waals surface area contributed by atoms with Crippen LogP contribution in [0.4, 0.5) is 0 Å². The Hall–Kier alpha value is -2.15. The van der Waals surface area contributed by atoms with Crippen LogP contribution in [0, 0.1) is 5.41 Å². The molecule has 1 fully saturated rings. The fourth-order valence-electron chi connectivity index (χ4n) is 3.99. The number of hydrogen-bond donors (Lipinski definition) is 2. The van der Waals surface area contributed by atoms with Crippen molar-refractivity contribution in [3.05, 3.63) is 30.2 Å². The summed E-state index contributed by atoms with van der Waals surface area (Å²) in [5.41, 5.74) is 1.19. The summed E-state index contributed by atoms with van der Waals surface area (Å²) in [4.78, 5) is 4.92. The number of aliphatic imine (C=N–C) groups is 1. The fourth-order valence-corrected chi connectivity index (χ4v) is 3.99. The maximum Gasteiger partial charge on any atom is 0.191 e. The first-order chi connectivity index (χ1) is 13.8. The van der Waals surface area contributed by atoms with E-state index in [4.69, 9.17) is 9.73 Å². The second kappa shape index (κ2) is 10.4. The zero-order valence-electron chi connectivity index (χ0n) is 17.3. The predicted octanol–water partition coefficient (Wildman–Crippen LogP) is 2.81. The van der Waals surface area contributed by atoms with Crippen LogP contribution in [-0.4, -0.2) is 53.4 Å². The SMILES string of the molecule is CCNC(=NCC1(CCOCC)CCCC1)NCCc1nnc2ccccn12. The number of guanidine groups is 1. The Morgan fingerprint density at radius 2 is 2.07 bits per heavy atom. The molecule has 0 unspecified atom stereocenters. The second-order valence-corrected chi connectivity index (χ2v) is 7.57. The zero-order chi connectivity index (χ0) is 19.7. The van der Waals surface area contributed by atoms with Gasteiger partial charge in [-0.15, -0.1) is 10.2 Å². The third kappa shape index (κ3) is 5.44. The number of rotatable bonds is 10. The Balaban J connectivity index is 1.56. The molecule has 7 nitrogen and oxygen atoms in total. The first-order valence-corrected chi connectivity index (χ1v) is 10.6. The lowest BCUT2D eigenvalue weighted by Gasteiger charge is -2.27. The molecule has 7 heteroatoms. The van der Waals surface area contributed by atoms with E-state index in [1.165, 1.54) is 25.7 Å². The van der Waals surface area contributed by atoms with Crippen molar-refractivity contribution < 1.29 is 4.74 Å². The van der Waals surface area contributed by atoms with Gasteiger partial charge in [-0.3, -0.25) is 9.39 Å². The van der Waals surface area contributed by atoms with Crippen LogP contribution in [0.3, 0.4) is 0 Å². The van der Waals surface area contributed by atoms with Gasteiger partial charge in [0, 0.05) is 45.5 Å². The minimum atomic E-state index is 0.306. The molecule has 2 aromatic heterocycles. The summed E-state index contributed by atoms with van der Waals surface area (Å²) in [5.74, 6) is 1.85. The molecule has 0 amide bonds. The van der Waals surface area contributed by atoms with E-state index < -0.39 is 0 Å². The number of aromatic nitrogens is 3. The lowest BCUT2D eigenvalue weighted by Crippen LogP contribution is -2.39. The Morgan fingerprint density at radius 1 is 1.21 bits per heavy atom. The van der Waals surface area contributed by atoms with Crippen LogP contribution in [0.5, 0.6) is 0 Å². The van der Waals surface area contributed by atoms with Crippen LogP contribution in [0.2, 0.25) is 0 Å². The highest BCUT2D eigenvalue weighted by Gasteiger charge is 2.33. The topological polar surface area (TPSA) is 75.8 Å². The van der Waals surface area contributed by atoms with Crippen LogP contribution in [-0.2, 0) is 11.2 Å². The van der Waals surface area contributed by atoms with Gasteiger partial charge >= 0.3 is 0 Å². The van der Waals surface area contributed by atoms with Crippen molar-refractivity contribution >= 4 is 11.6 Å². The van der Waals surface area contributed by atoms with Crippen LogP contribution >= 0.6 is 0 Å². The van der Waals surface area contributed by atoms with Gasteiger partial charge in [-0.1, -0.05) is 18.9 Å². The maximum atomic E-state index is 5.62. The molecule has 0 radical (unpaired) electrons. The molecule has 154 valence electrons. The molecule has 2 N–H and O–H groups in total. The third-order valence-electron chi connectivity index (χ3n) is 5.59. The first kappa shape index (κ1) is 20.6. The van der Waals surface area contributed by atoms with Crippen molar-refractivity contribution in [2.75, 3.05) is 32.8 Å². The molecule has 0 spiro atoms. The highest BCUT2D eigenvalue weighted by molar-refractivity contribution is 5.79. The molecule has 2 heterocycles. The highest BCUT2D eigenvalue weighted by Crippen LogP contribution is 2.41. The lowest BCUT2D eigenvalue weighted by atomic mass is 9.83. The largest absolute Gasteiger partial charge is 0.382 e. The van der Waals surface area contributed by atoms with Crippen LogP contribution in [0.1, 0.15) is 51.8 Å². The van der Waals surface area contributed by atoms with Crippen molar-refractivity contribution in [2.45, 2.75) is 52.4 Å². The number of pyridine rings is 1. The van der Waals surface area contributed by atoms with Crippen molar-refractivity contribution in [3.63, 3.8) is 0 Å². The van der Waals surface area contributed by atoms with Gasteiger partial charge in [0.05, 0.1) is 0 Å². The molecule has 1 saturated carbocycles. The molecule has 3 rings (SSSR count). The Kier molecular flexibility index (Phi) is 7.65. The molecule has 0 aromatic carbocycles. The average molecular weight is 387 g/mol. The third-order valence-corrected chi connectivity index (χ3v) is 5.59. The van der Waals surface area contributed by atoms with Crippen molar-refractivity contribution in [1.29, 1.82) is 0 Å². The number of fused-ring (bicyclic) bond motifs is 1. The first-order valence-electron chi connectivity index (χ1n) is 10.6. The minimum Gasteiger partial charge on any atom is -0.382 e. The Morgan fingerprint density at radius 3 is 2.86 bits per heavy atom. The van der Waals surface area contributed by atoms with E-state index >= 15 is 0 Å². The van der Waals surface area contributed by atoms with Gasteiger partial charge in [0.2, 0.25) is 0 Å². The summed E-state index contributed by atoms with van der Waals surface area (Å²) in [6, 6.07) is 5.95. The molecule has 0 atom stereocenters. The van der Waals surface area contributed by atoms with Crippen LogP contribution in [0.15, 0.2) is 29.4 Å². The number of nitrogens with one attached hydrogen (secondary N) is 2. The molecule has 28 heavy (non-hydrogen) atoms. The van der Waals surface area contributed by atoms with E-state index in [0.29, 0.717) is 5.41 Å². The van der Waals surface area contributed by atoms with Gasteiger partial charge in [-0.2, -0.15) is 0 Å². The summed E-state index contributed by atoms with van der Waals surface area (Å²) in [5, 5.41) is 15.3. The Labute approximate surface area is 168 Å². The monoisotopic (exact) mass is 386 g/mol. The number of hydrogen-bond acceptors (Lipinski definition) is 4. The summed E-state index contributed by atoms with van der Waals surface area (Å²) >= 11 is 0. The Bertz CT molecular complexity index is 750. The van der Waals surface area contributed by atoms with E-state index in [2.05, 4.69) is 34.7 Å². The summed E-state index contributed by atoms with van der Waals surface area (Å²) in [6.45, 7) is 8.29. The molecule has 0 bridgehead atoms. The van der Waals surface area contributed by atoms with Crippen molar-refractivity contribution in [1.82, 2.24) is 25.2 Å². The molecular formula is C21H34N6O. The molecule has 0 aliphatic heterocycles. The fraction of sp³-hybridized carbons (Fsp3) is 0.667. The minimum absolute atomic E-state index is 0.306. The smallest absolute Gasteiger partial charge is 0.191 e. The lowest BCUT2D eigenvalue weighted by molar-refractivity contribution is 0.107. The van der Waals surface area contributed by atoms with E-state index in [1.807, 2.05) is 28.8 Å². The summed E-state index contributed by atoms with van der Waals surface area (Å²) < 4.78 is 7.66. The highest BCUT2D eigenvalue weighted by atomic mass is 16.5. The van der Waals surface area contributed by atoms with Gasteiger partial charge in [-0.25, -0.2) is 0 Å². The van der Waals surface area contributed by atoms with E-state index in [-0.39, 0.29) is 0 Å². The summed E-state index contributed by atoms with van der Waals surface area (Å²) in [7, 11) is 0. The number of ether oxygens (including phenoxy) is 1. The van der Waals surface area contributed by atoms with Gasteiger partial charge < -0.3 is 15.4 Å². The second-order valence-electron chi connectivity index (χ2n) is 7.57. The molecule has 1 aliphatic rings. The van der Waals surface area contributed by atoms with Gasteiger partial charge in [0.25, 0.3) is 0 Å². The normalized spacial score (nSPS) is 16.6. The maximum absolute atomic E-state index is 5.62. The predicted molar refractivity (Wildman–Crippen MR) is 113 cm³/mol. The average Bonchev–Trinajstić information content (AvgIpc) is 3.34. The molecular weight excluding hydrogens is 352 g/mol. The van der Waals surface area contributed by atoms with Crippen molar-refractivity contribution in [3.8, 4) is 0 Å². The van der Waals surface area contributed by atoms with Crippen LogP contribution < -0.4 is 10.6 Å². The molecule has 1 aliphatic carbocycles. The zero-order valence-corrected chi connectivity index (χ0v) is 17.3. The van der Waals surface area contributed by atoms with Gasteiger partial charge in [0.15, 0.2) is 11.6 Å². The molecule has 2 aromatic rings. The van der Waals surface area contributed by atoms with Gasteiger partial charge in [0.1, 0.15) is 5.82 Å². The summed E-state index contributed by atoms with van der Waals surface area (Å²) in [6.07, 6.45) is 9.05. The van der Waals surface area contributed by atoms with Crippen molar-refractivity contribution in [2.24, 2.45) is 10.4 Å². The quantitative estimate of drug-likeness (QED) is 0.373. The standard InChI is InChI=1S/C21H34N6O/c1-3-22-20(24-17-21(11-6-7-12-21)13-16-28-4-2)23-14-10-19-26-25-18-9-5-8-15-27(18)19/h5,8-9,15H,3-4,6-7,10-14,16-17H2,1-2H3,(H2,22,23,24). The van der Waals surface area contributed by atoms with Gasteiger partial charge in [-0.05, 0) is 50.7 Å². The van der Waals surface area contributed by atoms with Crippen LogP contribution in [0.25, 0.3) is 5.65 Å². The number of nitrogens with zero attached hydrogens (tertiary/aromatic N) is 4.